The number of aromatic hydroxyl groups is 1. The SMILES string of the molecule is Cc1ccc2oc3c(c(=O)c2c1)C(c1cccc(O)c1)N(c1ncccn1)C3=O. The molecule has 0 aliphatic carbocycles. The topological polar surface area (TPSA) is 96.5 Å². The minimum Gasteiger partial charge on any atom is -0.508 e. The highest BCUT2D eigenvalue weighted by Crippen LogP contribution is 2.40. The van der Waals surface area contributed by atoms with Crippen LogP contribution in [0.3, 0.4) is 0 Å². The molecule has 1 aliphatic rings. The lowest BCUT2D eigenvalue weighted by Gasteiger charge is -2.23. The van der Waals surface area contributed by atoms with E-state index in [-0.39, 0.29) is 28.5 Å². The summed E-state index contributed by atoms with van der Waals surface area (Å²) in [6.45, 7) is 1.88. The first kappa shape index (κ1) is 17.1. The van der Waals surface area contributed by atoms with E-state index in [1.54, 1.807) is 30.3 Å². The summed E-state index contributed by atoms with van der Waals surface area (Å²) < 4.78 is 5.88. The second-order valence-electron chi connectivity index (χ2n) is 6.90. The van der Waals surface area contributed by atoms with Gasteiger partial charge in [-0.1, -0.05) is 23.8 Å². The number of hydrogen-bond donors (Lipinski definition) is 1. The van der Waals surface area contributed by atoms with E-state index in [2.05, 4.69) is 9.97 Å². The van der Waals surface area contributed by atoms with Crippen LogP contribution in [0.15, 0.2) is 70.1 Å². The Hall–Kier alpha value is -4.00. The maximum atomic E-state index is 13.4. The van der Waals surface area contributed by atoms with E-state index in [4.69, 9.17) is 4.42 Å². The Morgan fingerprint density at radius 1 is 1.03 bits per heavy atom. The number of hydrogen-bond acceptors (Lipinski definition) is 6. The normalized spacial score (nSPS) is 15.7. The fourth-order valence-corrected chi connectivity index (χ4v) is 3.72. The molecule has 29 heavy (non-hydrogen) atoms. The first-order valence-corrected chi connectivity index (χ1v) is 9.01. The van der Waals surface area contributed by atoms with E-state index in [1.165, 1.54) is 29.4 Å². The Labute approximate surface area is 164 Å². The highest BCUT2D eigenvalue weighted by atomic mass is 16.3. The van der Waals surface area contributed by atoms with Crippen LogP contribution in [0.25, 0.3) is 11.0 Å². The Bertz CT molecular complexity index is 1330. The maximum Gasteiger partial charge on any atom is 0.297 e. The van der Waals surface area contributed by atoms with Crippen LogP contribution in [-0.2, 0) is 0 Å². The van der Waals surface area contributed by atoms with Crippen molar-refractivity contribution in [2.45, 2.75) is 13.0 Å². The van der Waals surface area contributed by atoms with E-state index in [0.29, 0.717) is 16.5 Å². The van der Waals surface area contributed by atoms with Gasteiger partial charge in [0.05, 0.1) is 17.0 Å². The van der Waals surface area contributed by atoms with Crippen molar-refractivity contribution in [1.29, 1.82) is 0 Å². The summed E-state index contributed by atoms with van der Waals surface area (Å²) >= 11 is 0. The first-order valence-electron chi connectivity index (χ1n) is 9.01. The Morgan fingerprint density at radius 3 is 2.59 bits per heavy atom. The number of nitrogens with zero attached hydrogens (tertiary/aromatic N) is 3. The van der Waals surface area contributed by atoms with Gasteiger partial charge in [-0.05, 0) is 42.8 Å². The van der Waals surface area contributed by atoms with Gasteiger partial charge in [-0.15, -0.1) is 0 Å². The lowest BCUT2D eigenvalue weighted by atomic mass is 9.98. The number of carbonyl (C=O) groups excluding carboxylic acids is 1. The minimum atomic E-state index is -0.812. The lowest BCUT2D eigenvalue weighted by molar-refractivity contribution is 0.0969. The summed E-state index contributed by atoms with van der Waals surface area (Å²) in [5.74, 6) is -0.360. The molecule has 0 saturated carbocycles. The van der Waals surface area contributed by atoms with Crippen LogP contribution in [0.4, 0.5) is 5.95 Å². The zero-order valence-corrected chi connectivity index (χ0v) is 15.4. The summed E-state index contributed by atoms with van der Waals surface area (Å²) in [6, 6.07) is 12.5. The maximum absolute atomic E-state index is 13.4. The van der Waals surface area contributed by atoms with Crippen molar-refractivity contribution in [2.24, 2.45) is 0 Å². The van der Waals surface area contributed by atoms with E-state index in [1.807, 2.05) is 13.0 Å². The molecule has 5 rings (SSSR count). The molecular weight excluding hydrogens is 370 g/mol. The van der Waals surface area contributed by atoms with Gasteiger partial charge in [-0.25, -0.2) is 9.97 Å². The van der Waals surface area contributed by atoms with Crippen LogP contribution < -0.4 is 10.3 Å². The van der Waals surface area contributed by atoms with Crippen molar-refractivity contribution >= 4 is 22.8 Å². The predicted octanol–water partition coefficient (Wildman–Crippen LogP) is 3.35. The minimum absolute atomic E-state index is 0.0263. The van der Waals surface area contributed by atoms with Crippen molar-refractivity contribution in [3.05, 3.63) is 93.6 Å². The van der Waals surface area contributed by atoms with Gasteiger partial charge in [0.1, 0.15) is 11.3 Å². The fourth-order valence-electron chi connectivity index (χ4n) is 3.72. The molecule has 142 valence electrons. The van der Waals surface area contributed by atoms with Crippen LogP contribution in [0.2, 0.25) is 0 Å². The van der Waals surface area contributed by atoms with Crippen molar-refractivity contribution < 1.29 is 14.3 Å². The Morgan fingerprint density at radius 2 is 1.83 bits per heavy atom. The number of carbonyl (C=O) groups is 1. The number of amides is 1. The molecular formula is C22H15N3O4. The van der Waals surface area contributed by atoms with Crippen molar-refractivity contribution in [2.75, 3.05) is 4.90 Å². The summed E-state index contributed by atoms with van der Waals surface area (Å²) in [6.07, 6.45) is 3.04. The zero-order chi connectivity index (χ0) is 20.1. The van der Waals surface area contributed by atoms with Crippen molar-refractivity contribution in [3.63, 3.8) is 0 Å². The second-order valence-corrected chi connectivity index (χ2v) is 6.90. The molecule has 1 unspecified atom stereocenters. The third-order valence-electron chi connectivity index (χ3n) is 4.98. The molecule has 0 saturated heterocycles. The van der Waals surface area contributed by atoms with Crippen LogP contribution in [0.1, 0.15) is 33.3 Å². The van der Waals surface area contributed by atoms with Crippen LogP contribution in [0, 0.1) is 6.92 Å². The first-order chi connectivity index (χ1) is 14.0. The molecule has 2 aromatic carbocycles. The van der Waals surface area contributed by atoms with Crippen molar-refractivity contribution in [1.82, 2.24) is 9.97 Å². The van der Waals surface area contributed by atoms with Gasteiger partial charge in [-0.2, -0.15) is 0 Å². The average molecular weight is 385 g/mol. The fraction of sp³-hybridized carbons (Fsp3) is 0.0909. The summed E-state index contributed by atoms with van der Waals surface area (Å²) in [5.41, 5.74) is 1.74. The molecule has 2 aromatic heterocycles. The average Bonchev–Trinajstić information content (AvgIpc) is 3.02. The molecule has 3 heterocycles. The van der Waals surface area contributed by atoms with Gasteiger partial charge in [0.15, 0.2) is 5.43 Å². The number of phenols is 1. The standard InChI is InChI=1S/C22H15N3O4/c1-12-6-7-16-15(10-12)19(27)17-18(13-4-2-5-14(26)11-13)25(21(28)20(17)29-16)22-23-8-3-9-24-22/h2-11,18,26H,1H3. The smallest absolute Gasteiger partial charge is 0.297 e. The molecule has 0 spiro atoms. The molecule has 0 fully saturated rings. The number of aromatic nitrogens is 2. The highest BCUT2D eigenvalue weighted by Gasteiger charge is 2.44. The predicted molar refractivity (Wildman–Crippen MR) is 106 cm³/mol. The van der Waals surface area contributed by atoms with Gasteiger partial charge in [0.25, 0.3) is 5.91 Å². The van der Waals surface area contributed by atoms with Crippen LogP contribution in [-0.4, -0.2) is 21.0 Å². The summed E-state index contributed by atoms with van der Waals surface area (Å²) in [7, 11) is 0. The zero-order valence-electron chi connectivity index (χ0n) is 15.4. The molecule has 1 amide bonds. The van der Waals surface area contributed by atoms with Gasteiger partial charge in [0.2, 0.25) is 11.7 Å². The monoisotopic (exact) mass is 385 g/mol. The molecule has 0 radical (unpaired) electrons. The number of benzene rings is 2. The molecule has 7 heteroatoms. The summed E-state index contributed by atoms with van der Waals surface area (Å²) in [4.78, 5) is 36.4. The lowest BCUT2D eigenvalue weighted by Crippen LogP contribution is -2.31. The second kappa shape index (κ2) is 6.27. The van der Waals surface area contributed by atoms with Gasteiger partial charge in [-0.3, -0.25) is 14.5 Å². The number of anilines is 1. The molecule has 1 atom stereocenters. The molecule has 7 nitrogen and oxygen atoms in total. The molecule has 1 aliphatic heterocycles. The molecule has 0 bridgehead atoms. The van der Waals surface area contributed by atoms with E-state index in [0.717, 1.165) is 5.56 Å². The largest absolute Gasteiger partial charge is 0.508 e. The van der Waals surface area contributed by atoms with Gasteiger partial charge < -0.3 is 9.52 Å². The van der Waals surface area contributed by atoms with Gasteiger partial charge >= 0.3 is 0 Å². The molecule has 1 N–H and O–H groups in total. The Balaban J connectivity index is 1.84. The Kier molecular flexibility index (Phi) is 3.70. The van der Waals surface area contributed by atoms with Crippen LogP contribution >= 0.6 is 0 Å². The van der Waals surface area contributed by atoms with E-state index in [9.17, 15) is 14.7 Å². The summed E-state index contributed by atoms with van der Waals surface area (Å²) in [5, 5.41) is 10.4. The number of rotatable bonds is 2. The number of phenolic OH excluding ortho intramolecular Hbond substituents is 1. The van der Waals surface area contributed by atoms with Gasteiger partial charge in [0, 0.05) is 12.4 Å². The molecule has 4 aromatic rings. The third-order valence-corrected chi connectivity index (χ3v) is 4.98. The highest BCUT2D eigenvalue weighted by molar-refractivity contribution is 6.09. The quantitative estimate of drug-likeness (QED) is 0.568. The number of aryl methyl sites for hydroxylation is 1. The third kappa shape index (κ3) is 2.59. The number of fused-ring (bicyclic) bond motifs is 2. The van der Waals surface area contributed by atoms with E-state index < -0.39 is 11.9 Å². The van der Waals surface area contributed by atoms with E-state index >= 15 is 0 Å². The van der Waals surface area contributed by atoms with Crippen LogP contribution in [0.5, 0.6) is 5.75 Å². The van der Waals surface area contributed by atoms with Crippen molar-refractivity contribution in [3.8, 4) is 5.75 Å².